The maximum atomic E-state index is 12.4. The molecule has 6 nitrogen and oxygen atoms in total. The van der Waals surface area contributed by atoms with Crippen molar-refractivity contribution in [1.82, 2.24) is 4.98 Å². The minimum atomic E-state index is -0.278. The van der Waals surface area contributed by atoms with Gasteiger partial charge in [-0.25, -0.2) is 0 Å². The Morgan fingerprint density at radius 3 is 2.58 bits per heavy atom. The molecule has 3 rings (SSSR count). The number of nitriles is 1. The number of benzene rings is 2. The van der Waals surface area contributed by atoms with Gasteiger partial charge in [-0.05, 0) is 42.5 Å². The van der Waals surface area contributed by atoms with Crippen molar-refractivity contribution in [1.29, 1.82) is 5.26 Å². The molecule has 0 fully saturated rings. The summed E-state index contributed by atoms with van der Waals surface area (Å²) in [7, 11) is 1.59. The Bertz CT molecular complexity index is 962. The molecular weight excluding hydrogens is 328 g/mol. The maximum absolute atomic E-state index is 12.4. The zero-order valence-electron chi connectivity index (χ0n) is 14.1. The molecule has 0 saturated heterocycles. The third-order valence-electron chi connectivity index (χ3n) is 3.67. The molecule has 0 unspecified atom stereocenters. The highest BCUT2D eigenvalue weighted by Gasteiger charge is 2.09. The lowest BCUT2D eigenvalue weighted by atomic mass is 10.2. The van der Waals surface area contributed by atoms with Crippen LogP contribution in [0.25, 0.3) is 0 Å². The predicted molar refractivity (Wildman–Crippen MR) is 99.6 cm³/mol. The number of carbonyl (C=O) groups is 1. The van der Waals surface area contributed by atoms with Crippen LogP contribution >= 0.6 is 0 Å². The Morgan fingerprint density at radius 1 is 1.08 bits per heavy atom. The molecular formula is C20H16N4O2. The van der Waals surface area contributed by atoms with E-state index in [-0.39, 0.29) is 5.91 Å². The average molecular weight is 344 g/mol. The smallest absolute Gasteiger partial charge is 0.257 e. The Hall–Kier alpha value is -3.85. The second-order valence-corrected chi connectivity index (χ2v) is 5.43. The molecule has 2 N–H and O–H groups in total. The Labute approximate surface area is 151 Å². The van der Waals surface area contributed by atoms with Crippen molar-refractivity contribution >= 4 is 23.0 Å². The van der Waals surface area contributed by atoms with E-state index in [0.717, 1.165) is 0 Å². The van der Waals surface area contributed by atoms with Crippen molar-refractivity contribution in [2.24, 2.45) is 0 Å². The zero-order valence-corrected chi connectivity index (χ0v) is 14.1. The van der Waals surface area contributed by atoms with E-state index in [4.69, 9.17) is 10.00 Å². The summed E-state index contributed by atoms with van der Waals surface area (Å²) >= 11 is 0. The molecule has 0 aliphatic carbocycles. The number of hydrogen-bond donors (Lipinski definition) is 2. The third kappa shape index (κ3) is 3.97. The minimum absolute atomic E-state index is 0.278. The van der Waals surface area contributed by atoms with E-state index in [2.05, 4.69) is 21.7 Å². The van der Waals surface area contributed by atoms with Gasteiger partial charge in [0.15, 0.2) is 0 Å². The van der Waals surface area contributed by atoms with Crippen LogP contribution in [0.2, 0.25) is 0 Å². The van der Waals surface area contributed by atoms with Crippen molar-refractivity contribution in [2.75, 3.05) is 17.7 Å². The van der Waals surface area contributed by atoms with E-state index in [9.17, 15) is 4.79 Å². The molecule has 0 radical (unpaired) electrons. The second kappa shape index (κ2) is 7.81. The zero-order chi connectivity index (χ0) is 18.4. The topological polar surface area (TPSA) is 87.0 Å². The SMILES string of the molecule is COc1ccc(NC(=O)c2cncc(Nc3ccccc3C#N)c2)cc1. The number of nitrogens with one attached hydrogen (secondary N) is 2. The Kier molecular flexibility index (Phi) is 5.11. The number of aromatic nitrogens is 1. The second-order valence-electron chi connectivity index (χ2n) is 5.43. The predicted octanol–water partition coefficient (Wildman–Crippen LogP) is 3.96. The highest BCUT2D eigenvalue weighted by molar-refractivity contribution is 6.04. The first kappa shape index (κ1) is 17.0. The summed E-state index contributed by atoms with van der Waals surface area (Å²) in [6.07, 6.45) is 3.08. The van der Waals surface area contributed by atoms with E-state index in [0.29, 0.717) is 33.9 Å². The highest BCUT2D eigenvalue weighted by Crippen LogP contribution is 2.21. The van der Waals surface area contributed by atoms with Gasteiger partial charge in [-0.1, -0.05) is 12.1 Å². The van der Waals surface area contributed by atoms with Crippen molar-refractivity contribution in [2.45, 2.75) is 0 Å². The van der Waals surface area contributed by atoms with Crippen molar-refractivity contribution in [3.05, 3.63) is 78.1 Å². The van der Waals surface area contributed by atoms with Crippen molar-refractivity contribution in [3.8, 4) is 11.8 Å². The van der Waals surface area contributed by atoms with Crippen molar-refractivity contribution in [3.63, 3.8) is 0 Å². The fraction of sp³-hybridized carbons (Fsp3) is 0.0500. The molecule has 0 saturated carbocycles. The number of para-hydroxylation sites is 1. The molecule has 1 aromatic heterocycles. The standard InChI is InChI=1S/C20H16N4O2/c1-26-18-8-6-16(7-9-18)24-20(25)15-10-17(13-22-12-15)23-19-5-3-2-4-14(19)11-21/h2-10,12-13,23H,1H3,(H,24,25). The molecule has 26 heavy (non-hydrogen) atoms. The van der Waals surface area contributed by atoms with Gasteiger partial charge in [0.25, 0.3) is 5.91 Å². The molecule has 2 aromatic carbocycles. The van der Waals surface area contributed by atoms with Gasteiger partial charge >= 0.3 is 0 Å². The lowest BCUT2D eigenvalue weighted by Crippen LogP contribution is -2.12. The Balaban J connectivity index is 1.75. The molecule has 3 aromatic rings. The van der Waals surface area contributed by atoms with E-state index in [1.54, 1.807) is 61.8 Å². The van der Waals surface area contributed by atoms with Crippen LogP contribution in [0.4, 0.5) is 17.1 Å². The van der Waals surface area contributed by atoms with Gasteiger partial charge in [0.2, 0.25) is 0 Å². The van der Waals surface area contributed by atoms with Gasteiger partial charge in [0.1, 0.15) is 11.8 Å². The number of rotatable bonds is 5. The maximum Gasteiger partial charge on any atom is 0.257 e. The number of nitrogens with zero attached hydrogens (tertiary/aromatic N) is 2. The van der Waals surface area contributed by atoms with E-state index >= 15 is 0 Å². The van der Waals surface area contributed by atoms with Gasteiger partial charge in [0, 0.05) is 11.9 Å². The van der Waals surface area contributed by atoms with E-state index < -0.39 is 0 Å². The largest absolute Gasteiger partial charge is 0.497 e. The molecule has 0 bridgehead atoms. The molecule has 0 aliphatic rings. The van der Waals surface area contributed by atoms with Crippen LogP contribution in [0.15, 0.2) is 67.0 Å². The fourth-order valence-electron chi connectivity index (χ4n) is 2.36. The summed E-state index contributed by atoms with van der Waals surface area (Å²) in [6.45, 7) is 0. The number of pyridine rings is 1. The number of methoxy groups -OCH3 is 1. The quantitative estimate of drug-likeness (QED) is 0.731. The summed E-state index contributed by atoms with van der Waals surface area (Å²) in [6, 6.07) is 18.0. The monoisotopic (exact) mass is 344 g/mol. The molecule has 0 atom stereocenters. The van der Waals surface area contributed by atoms with Crippen molar-refractivity contribution < 1.29 is 9.53 Å². The summed E-state index contributed by atoms with van der Waals surface area (Å²) < 4.78 is 5.10. The number of ether oxygens (including phenoxy) is 1. The van der Waals surface area contributed by atoms with Gasteiger partial charge in [-0.15, -0.1) is 0 Å². The van der Waals surface area contributed by atoms with Crippen LogP contribution in [0.5, 0.6) is 5.75 Å². The van der Waals surface area contributed by atoms with Gasteiger partial charge in [-0.3, -0.25) is 9.78 Å². The van der Waals surface area contributed by atoms with Crippen LogP contribution in [0.1, 0.15) is 15.9 Å². The van der Waals surface area contributed by atoms with E-state index in [1.807, 2.05) is 6.07 Å². The van der Waals surface area contributed by atoms with E-state index in [1.165, 1.54) is 6.20 Å². The first-order valence-corrected chi connectivity index (χ1v) is 7.86. The van der Waals surface area contributed by atoms with Crippen LogP contribution in [0, 0.1) is 11.3 Å². The minimum Gasteiger partial charge on any atom is -0.497 e. The first-order chi connectivity index (χ1) is 12.7. The third-order valence-corrected chi connectivity index (χ3v) is 3.67. The van der Waals surface area contributed by atoms with Crippen LogP contribution < -0.4 is 15.4 Å². The van der Waals surface area contributed by atoms with Crippen LogP contribution in [-0.4, -0.2) is 18.0 Å². The number of carbonyl (C=O) groups excluding carboxylic acids is 1. The molecule has 6 heteroatoms. The van der Waals surface area contributed by atoms with Crippen LogP contribution in [-0.2, 0) is 0 Å². The summed E-state index contributed by atoms with van der Waals surface area (Å²) in [4.78, 5) is 16.5. The molecule has 128 valence electrons. The first-order valence-electron chi connectivity index (χ1n) is 7.86. The van der Waals surface area contributed by atoms with Gasteiger partial charge < -0.3 is 15.4 Å². The molecule has 1 heterocycles. The summed E-state index contributed by atoms with van der Waals surface area (Å²) in [5.41, 5.74) is 2.85. The summed E-state index contributed by atoms with van der Waals surface area (Å²) in [5.74, 6) is 0.437. The number of amides is 1. The number of anilines is 3. The summed E-state index contributed by atoms with van der Waals surface area (Å²) in [5, 5.41) is 15.1. The average Bonchev–Trinajstić information content (AvgIpc) is 2.69. The van der Waals surface area contributed by atoms with Gasteiger partial charge in [-0.2, -0.15) is 5.26 Å². The Morgan fingerprint density at radius 2 is 1.85 bits per heavy atom. The number of hydrogen-bond acceptors (Lipinski definition) is 5. The lowest BCUT2D eigenvalue weighted by molar-refractivity contribution is 0.102. The molecule has 1 amide bonds. The van der Waals surface area contributed by atoms with Crippen LogP contribution in [0.3, 0.4) is 0 Å². The highest BCUT2D eigenvalue weighted by atomic mass is 16.5. The lowest BCUT2D eigenvalue weighted by Gasteiger charge is -2.10. The normalized spacial score (nSPS) is 9.85. The molecule has 0 spiro atoms. The van der Waals surface area contributed by atoms with Gasteiger partial charge in [0.05, 0.1) is 35.8 Å². The molecule has 0 aliphatic heterocycles. The fourth-order valence-corrected chi connectivity index (χ4v) is 2.36.